The van der Waals surface area contributed by atoms with Gasteiger partial charge in [0.2, 0.25) is 11.8 Å². The molecule has 3 N–H and O–H groups in total. The summed E-state index contributed by atoms with van der Waals surface area (Å²) in [5.74, 6) is -0.741. The monoisotopic (exact) mass is 604 g/mol. The van der Waals surface area contributed by atoms with Crippen LogP contribution in [-0.2, 0) is 22.7 Å². The Morgan fingerprint density at radius 1 is 1.05 bits per heavy atom. The maximum absolute atomic E-state index is 14.0. The number of fused-ring (bicyclic) bond motifs is 1. The van der Waals surface area contributed by atoms with Crippen LogP contribution >= 0.6 is 0 Å². The van der Waals surface area contributed by atoms with Gasteiger partial charge in [-0.15, -0.1) is 0 Å². The molecule has 8 nitrogen and oxygen atoms in total. The van der Waals surface area contributed by atoms with E-state index in [4.69, 9.17) is 4.42 Å². The second-order valence-corrected chi connectivity index (χ2v) is 13.0. The summed E-state index contributed by atoms with van der Waals surface area (Å²) in [5.41, 5.74) is 4.10. The van der Waals surface area contributed by atoms with E-state index in [2.05, 4.69) is 37.8 Å². The van der Waals surface area contributed by atoms with Crippen molar-refractivity contribution in [2.45, 2.75) is 84.6 Å². The van der Waals surface area contributed by atoms with E-state index >= 15 is 0 Å². The lowest BCUT2D eigenvalue weighted by atomic mass is 9.66. The average Bonchev–Trinajstić information content (AvgIpc) is 3.60. The number of imide groups is 1. The summed E-state index contributed by atoms with van der Waals surface area (Å²) in [7, 11) is 0. The zero-order valence-electron chi connectivity index (χ0n) is 26.3. The molecule has 44 heavy (non-hydrogen) atoms. The van der Waals surface area contributed by atoms with E-state index in [0.717, 1.165) is 55.6 Å². The van der Waals surface area contributed by atoms with Gasteiger partial charge >= 0.3 is 0 Å². The van der Waals surface area contributed by atoms with Crippen LogP contribution < -0.4 is 0 Å². The fraction of sp³-hybridized carbons (Fsp3) is 0.556. The fourth-order valence-electron chi connectivity index (χ4n) is 7.59. The molecule has 2 aliphatic heterocycles. The van der Waals surface area contributed by atoms with E-state index in [1.165, 1.54) is 10.5 Å². The predicted octanol–water partition coefficient (Wildman–Crippen LogP) is 4.94. The molecule has 1 aromatic carbocycles. The first-order chi connectivity index (χ1) is 21.2. The molecule has 0 radical (unpaired) electrons. The number of hydrogen-bond donors (Lipinski definition) is 3. The summed E-state index contributed by atoms with van der Waals surface area (Å²) < 4.78 is 5.62. The zero-order chi connectivity index (χ0) is 31.4. The minimum absolute atomic E-state index is 0.0778. The number of aliphatic hydroxyl groups excluding tert-OH is 3. The molecule has 2 aromatic rings. The molecule has 3 heterocycles. The quantitative estimate of drug-likeness (QED) is 0.232. The SMILES string of the molecule is CC/C(=C\c1ccc(CO)o1)CC[C@@H](O)C1=C(C(C)C)C[C@H]2C(=O)N(C3CCN(Cc4ccccc4)CC3)C(=O)[C@H]2[C@H]1CO. The van der Waals surface area contributed by atoms with Crippen molar-refractivity contribution in [3.63, 3.8) is 0 Å². The summed E-state index contributed by atoms with van der Waals surface area (Å²) in [4.78, 5) is 31.8. The van der Waals surface area contributed by atoms with Crippen LogP contribution in [0.1, 0.15) is 76.4 Å². The van der Waals surface area contributed by atoms with E-state index < -0.39 is 23.9 Å². The maximum Gasteiger partial charge on any atom is 0.234 e. The van der Waals surface area contributed by atoms with Crippen LogP contribution in [0.3, 0.4) is 0 Å². The Kier molecular flexibility index (Phi) is 10.6. The van der Waals surface area contributed by atoms with Gasteiger partial charge in [-0.3, -0.25) is 19.4 Å². The van der Waals surface area contributed by atoms with Gasteiger partial charge in [0.05, 0.1) is 24.5 Å². The molecular formula is C36H48N2O6. The molecule has 2 saturated heterocycles. The first kappa shape index (κ1) is 32.4. The normalized spacial score (nSPS) is 24.5. The number of carbonyl (C=O) groups excluding carboxylic acids is 2. The molecule has 5 rings (SSSR count). The molecule has 4 atom stereocenters. The molecule has 3 aliphatic rings. The second-order valence-electron chi connectivity index (χ2n) is 13.0. The highest BCUT2D eigenvalue weighted by atomic mass is 16.4. The highest BCUT2D eigenvalue weighted by molar-refractivity contribution is 6.06. The van der Waals surface area contributed by atoms with Crippen molar-refractivity contribution < 1.29 is 29.3 Å². The number of rotatable bonds is 12. The molecule has 0 unspecified atom stereocenters. The number of aliphatic hydroxyl groups is 3. The van der Waals surface area contributed by atoms with Gasteiger partial charge in [0.1, 0.15) is 18.1 Å². The Morgan fingerprint density at radius 3 is 2.39 bits per heavy atom. The van der Waals surface area contributed by atoms with Crippen LogP contribution in [0.15, 0.2) is 63.6 Å². The van der Waals surface area contributed by atoms with Crippen molar-refractivity contribution in [2.75, 3.05) is 19.7 Å². The van der Waals surface area contributed by atoms with Crippen molar-refractivity contribution >= 4 is 17.9 Å². The predicted molar refractivity (Wildman–Crippen MR) is 169 cm³/mol. The van der Waals surface area contributed by atoms with Crippen LogP contribution in [-0.4, -0.2) is 68.8 Å². The molecule has 2 fully saturated rings. The highest BCUT2D eigenvalue weighted by Crippen LogP contribution is 2.49. The molecule has 0 bridgehead atoms. The molecule has 8 heteroatoms. The third-order valence-electron chi connectivity index (χ3n) is 9.96. The third kappa shape index (κ3) is 6.79. The van der Waals surface area contributed by atoms with Crippen molar-refractivity contribution in [1.82, 2.24) is 9.80 Å². The van der Waals surface area contributed by atoms with Crippen molar-refractivity contribution in [3.8, 4) is 0 Å². The summed E-state index contributed by atoms with van der Waals surface area (Å²) in [6, 6.07) is 13.8. The van der Waals surface area contributed by atoms with Gasteiger partial charge in [-0.1, -0.05) is 62.2 Å². The van der Waals surface area contributed by atoms with Gasteiger partial charge in [0.15, 0.2) is 0 Å². The third-order valence-corrected chi connectivity index (χ3v) is 9.96. The molecule has 238 valence electrons. The van der Waals surface area contributed by atoms with E-state index in [0.29, 0.717) is 30.8 Å². The van der Waals surface area contributed by atoms with E-state index in [-0.39, 0.29) is 37.0 Å². The minimum Gasteiger partial charge on any atom is -0.459 e. The molecule has 1 aromatic heterocycles. The standard InChI is InChI=1S/C36H48N2O6/c1-4-24(18-27-11-12-28(21-39)44-27)10-13-32(41)33-29(23(2)3)19-30-34(31(33)22-40)36(43)38(35(30)42)26-14-16-37(17-15-26)20-25-8-6-5-7-9-25/h5-9,11-12,18,23,26,30-32,34,39-41H,4,10,13-17,19-22H2,1-3H3/b24-18+/t30-,31+,32-,34-/m1/s1. The molecule has 0 spiro atoms. The number of amides is 2. The highest BCUT2D eigenvalue weighted by Gasteiger charge is 2.56. The van der Waals surface area contributed by atoms with Crippen LogP contribution in [0.2, 0.25) is 0 Å². The lowest BCUT2D eigenvalue weighted by Crippen LogP contribution is -2.47. The first-order valence-electron chi connectivity index (χ1n) is 16.3. The lowest BCUT2D eigenvalue weighted by molar-refractivity contribution is -0.144. The van der Waals surface area contributed by atoms with Gasteiger partial charge < -0.3 is 19.7 Å². The van der Waals surface area contributed by atoms with Crippen molar-refractivity contribution in [1.29, 1.82) is 0 Å². The number of furan rings is 1. The molecular weight excluding hydrogens is 556 g/mol. The van der Waals surface area contributed by atoms with Crippen LogP contribution in [0.4, 0.5) is 0 Å². The van der Waals surface area contributed by atoms with Crippen LogP contribution in [0.25, 0.3) is 6.08 Å². The van der Waals surface area contributed by atoms with Gasteiger partial charge in [-0.2, -0.15) is 0 Å². The van der Waals surface area contributed by atoms with Gasteiger partial charge in [-0.25, -0.2) is 0 Å². The summed E-state index contributed by atoms with van der Waals surface area (Å²) in [6.07, 6.45) is 4.90. The molecule has 0 saturated carbocycles. The molecule has 1 aliphatic carbocycles. The van der Waals surface area contributed by atoms with Crippen molar-refractivity contribution in [3.05, 3.63) is 76.3 Å². The average molecular weight is 605 g/mol. The van der Waals surface area contributed by atoms with Crippen LogP contribution in [0.5, 0.6) is 0 Å². The summed E-state index contributed by atoms with van der Waals surface area (Å²) in [6.45, 7) is 8.24. The van der Waals surface area contributed by atoms with Crippen LogP contribution in [0, 0.1) is 23.7 Å². The Balaban J connectivity index is 1.29. The number of carbonyl (C=O) groups is 2. The number of benzene rings is 1. The summed E-state index contributed by atoms with van der Waals surface area (Å²) in [5, 5.41) is 31.6. The Hall–Kier alpha value is -3.04. The molecule has 2 amide bonds. The van der Waals surface area contributed by atoms with Gasteiger partial charge in [-0.05, 0) is 73.8 Å². The minimum atomic E-state index is -0.830. The van der Waals surface area contributed by atoms with Gasteiger partial charge in [0, 0.05) is 31.6 Å². The van der Waals surface area contributed by atoms with Crippen molar-refractivity contribution in [2.24, 2.45) is 23.7 Å². The zero-order valence-corrected chi connectivity index (χ0v) is 26.3. The second kappa shape index (κ2) is 14.4. The Bertz CT molecular complexity index is 1350. The number of likely N-dealkylation sites (tertiary alicyclic amines) is 2. The number of piperidine rings is 1. The van der Waals surface area contributed by atoms with E-state index in [1.54, 1.807) is 6.07 Å². The van der Waals surface area contributed by atoms with E-state index in [9.17, 15) is 24.9 Å². The number of allylic oxidation sites excluding steroid dienone is 2. The first-order valence-corrected chi connectivity index (χ1v) is 16.3. The number of hydrogen-bond acceptors (Lipinski definition) is 7. The Morgan fingerprint density at radius 2 is 1.77 bits per heavy atom. The fourth-order valence-corrected chi connectivity index (χ4v) is 7.59. The Labute approximate surface area is 261 Å². The summed E-state index contributed by atoms with van der Waals surface area (Å²) >= 11 is 0. The number of nitrogens with zero attached hydrogens (tertiary/aromatic N) is 2. The van der Waals surface area contributed by atoms with E-state index in [1.807, 2.05) is 30.3 Å². The lowest BCUT2D eigenvalue weighted by Gasteiger charge is -2.38. The topological polar surface area (TPSA) is 114 Å². The largest absolute Gasteiger partial charge is 0.459 e. The van der Waals surface area contributed by atoms with Gasteiger partial charge in [0.25, 0.3) is 0 Å². The smallest absolute Gasteiger partial charge is 0.234 e. The maximum atomic E-state index is 14.0.